The fourth-order valence-electron chi connectivity index (χ4n) is 2.88. The molecule has 122 valence electrons. The molecular weight excluding hydrogens is 290 g/mol. The van der Waals surface area contributed by atoms with E-state index in [-0.39, 0.29) is 12.5 Å². The van der Waals surface area contributed by atoms with Gasteiger partial charge < -0.3 is 10.6 Å². The van der Waals surface area contributed by atoms with Crippen LogP contribution >= 0.6 is 0 Å². The molecule has 2 N–H and O–H groups in total. The first-order chi connectivity index (χ1) is 11.3. The summed E-state index contributed by atoms with van der Waals surface area (Å²) < 4.78 is 1.73. The zero-order valence-electron chi connectivity index (χ0n) is 13.2. The minimum Gasteiger partial charge on any atom is -0.354 e. The van der Waals surface area contributed by atoms with E-state index in [2.05, 4.69) is 20.7 Å². The van der Waals surface area contributed by atoms with E-state index in [1.165, 1.54) is 12.8 Å². The number of carbonyl (C=O) groups excluding carboxylic acids is 1. The van der Waals surface area contributed by atoms with Crippen LogP contribution in [0.25, 0.3) is 0 Å². The average Bonchev–Trinajstić information content (AvgIpc) is 3.05. The van der Waals surface area contributed by atoms with Crippen molar-refractivity contribution in [1.29, 1.82) is 0 Å². The van der Waals surface area contributed by atoms with Crippen molar-refractivity contribution in [3.8, 4) is 0 Å². The molecule has 1 fully saturated rings. The van der Waals surface area contributed by atoms with Crippen molar-refractivity contribution in [3.63, 3.8) is 0 Å². The summed E-state index contributed by atoms with van der Waals surface area (Å²) >= 11 is 0. The first-order valence-corrected chi connectivity index (χ1v) is 8.21. The first-order valence-electron chi connectivity index (χ1n) is 8.21. The summed E-state index contributed by atoms with van der Waals surface area (Å²) in [6, 6.07) is 5.94. The number of hydrogen-bond donors (Lipinski definition) is 2. The van der Waals surface area contributed by atoms with Gasteiger partial charge in [-0.15, -0.1) is 0 Å². The molecule has 6 heteroatoms. The molecule has 1 atom stereocenters. The third kappa shape index (κ3) is 4.63. The van der Waals surface area contributed by atoms with Crippen molar-refractivity contribution in [2.75, 3.05) is 19.6 Å². The summed E-state index contributed by atoms with van der Waals surface area (Å²) in [6.07, 6.45) is 8.61. The van der Waals surface area contributed by atoms with Crippen molar-refractivity contribution in [3.05, 3.63) is 48.0 Å². The average molecular weight is 313 g/mol. The number of rotatable bonds is 6. The number of nitrogens with one attached hydrogen (secondary N) is 2. The van der Waals surface area contributed by atoms with E-state index in [0.717, 1.165) is 30.8 Å². The number of carbonyl (C=O) groups is 1. The van der Waals surface area contributed by atoms with Crippen molar-refractivity contribution in [2.24, 2.45) is 0 Å². The fraction of sp³-hybridized carbons (Fsp3) is 0.471. The number of aromatic nitrogens is 3. The number of nitrogens with zero attached hydrogens (tertiary/aromatic N) is 3. The molecule has 1 amide bonds. The van der Waals surface area contributed by atoms with Gasteiger partial charge in [-0.25, -0.2) is 0 Å². The Morgan fingerprint density at radius 1 is 1.43 bits per heavy atom. The summed E-state index contributed by atoms with van der Waals surface area (Å²) in [4.78, 5) is 16.1. The molecular formula is C17H23N5O. The summed E-state index contributed by atoms with van der Waals surface area (Å²) in [5.74, 6) is 0.462. The molecule has 2 aromatic rings. The molecule has 0 aliphatic carbocycles. The predicted molar refractivity (Wildman–Crippen MR) is 88.0 cm³/mol. The topological polar surface area (TPSA) is 71.8 Å². The minimum absolute atomic E-state index is 0.00897. The maximum atomic E-state index is 12.0. The molecule has 0 unspecified atom stereocenters. The highest BCUT2D eigenvalue weighted by Crippen LogP contribution is 2.21. The molecule has 3 rings (SSSR count). The van der Waals surface area contributed by atoms with E-state index in [4.69, 9.17) is 0 Å². The quantitative estimate of drug-likeness (QED) is 0.838. The van der Waals surface area contributed by atoms with Crippen molar-refractivity contribution >= 4 is 5.91 Å². The number of piperidine rings is 1. The molecule has 0 spiro atoms. The molecule has 0 aromatic carbocycles. The van der Waals surface area contributed by atoms with Gasteiger partial charge in [-0.05, 0) is 43.5 Å². The van der Waals surface area contributed by atoms with Gasteiger partial charge in [-0.3, -0.25) is 14.5 Å². The highest BCUT2D eigenvalue weighted by atomic mass is 16.2. The minimum atomic E-state index is -0.00897. The molecule has 3 heterocycles. The van der Waals surface area contributed by atoms with Crippen LogP contribution in [0.4, 0.5) is 0 Å². The van der Waals surface area contributed by atoms with Crippen molar-refractivity contribution < 1.29 is 4.79 Å². The van der Waals surface area contributed by atoms with Crippen LogP contribution in [0.1, 0.15) is 30.0 Å². The summed E-state index contributed by atoms with van der Waals surface area (Å²) in [5, 5.41) is 10.9. The van der Waals surface area contributed by atoms with Gasteiger partial charge in [-0.1, -0.05) is 6.07 Å². The Kier molecular flexibility index (Phi) is 5.37. The van der Waals surface area contributed by atoms with Crippen LogP contribution in [0, 0.1) is 0 Å². The summed E-state index contributed by atoms with van der Waals surface area (Å²) in [5.41, 5.74) is 2.21. The highest BCUT2D eigenvalue weighted by molar-refractivity contribution is 5.75. The summed E-state index contributed by atoms with van der Waals surface area (Å²) in [6.45, 7) is 2.96. The van der Waals surface area contributed by atoms with Crippen LogP contribution in [0.3, 0.4) is 0 Å². The first kappa shape index (κ1) is 15.7. The standard InChI is InChI=1S/C17H23N5O/c23-17(20-9-5-14-3-1-7-18-11-14)13-22-10-6-16(21-22)15-4-2-8-19-12-15/h1,3,6-7,10-11,15,19H,2,4-5,8-9,12-13H2,(H,20,23)/t15-/m0/s1. The lowest BCUT2D eigenvalue weighted by atomic mass is 9.97. The molecule has 1 aliphatic heterocycles. The molecule has 23 heavy (non-hydrogen) atoms. The van der Waals surface area contributed by atoms with Crippen LogP contribution in [0.15, 0.2) is 36.8 Å². The predicted octanol–water partition coefficient (Wildman–Crippen LogP) is 1.10. The lowest BCUT2D eigenvalue weighted by Gasteiger charge is -2.20. The molecule has 1 saturated heterocycles. The highest BCUT2D eigenvalue weighted by Gasteiger charge is 2.17. The van der Waals surface area contributed by atoms with Gasteiger partial charge in [0.1, 0.15) is 6.54 Å². The van der Waals surface area contributed by atoms with Gasteiger partial charge in [0.15, 0.2) is 0 Å². The third-order valence-corrected chi connectivity index (χ3v) is 4.14. The van der Waals surface area contributed by atoms with Gasteiger partial charge in [-0.2, -0.15) is 5.10 Å². The van der Waals surface area contributed by atoms with Crippen LogP contribution < -0.4 is 10.6 Å². The second-order valence-electron chi connectivity index (χ2n) is 5.94. The SMILES string of the molecule is O=C(Cn1ccc([C@H]2CCCNC2)n1)NCCc1cccnc1. The smallest absolute Gasteiger partial charge is 0.241 e. The molecule has 0 saturated carbocycles. The maximum absolute atomic E-state index is 12.0. The van der Waals surface area contributed by atoms with Crippen LogP contribution in [-0.2, 0) is 17.8 Å². The van der Waals surface area contributed by atoms with Crippen LogP contribution in [0.5, 0.6) is 0 Å². The second kappa shape index (κ2) is 7.87. The lowest BCUT2D eigenvalue weighted by Crippen LogP contribution is -2.30. The van der Waals surface area contributed by atoms with Crippen LogP contribution in [-0.4, -0.2) is 40.3 Å². The Bertz CT molecular complexity index is 619. The Labute approximate surface area is 136 Å². The van der Waals surface area contributed by atoms with Gasteiger partial charge >= 0.3 is 0 Å². The molecule has 6 nitrogen and oxygen atoms in total. The molecule has 2 aromatic heterocycles. The fourth-order valence-corrected chi connectivity index (χ4v) is 2.88. The molecule has 1 aliphatic rings. The lowest BCUT2D eigenvalue weighted by molar-refractivity contribution is -0.121. The Morgan fingerprint density at radius 3 is 3.17 bits per heavy atom. The van der Waals surface area contributed by atoms with Gasteiger partial charge in [0.05, 0.1) is 5.69 Å². The molecule has 0 bridgehead atoms. The number of hydrogen-bond acceptors (Lipinski definition) is 4. The van der Waals surface area contributed by atoms with Gasteiger partial charge in [0, 0.05) is 37.6 Å². The normalized spacial score (nSPS) is 17.8. The number of amides is 1. The van der Waals surface area contributed by atoms with E-state index in [1.807, 2.05) is 30.6 Å². The van der Waals surface area contributed by atoms with Crippen molar-refractivity contribution in [2.45, 2.75) is 31.7 Å². The largest absolute Gasteiger partial charge is 0.354 e. The van der Waals surface area contributed by atoms with Crippen molar-refractivity contribution in [1.82, 2.24) is 25.4 Å². The van der Waals surface area contributed by atoms with E-state index in [1.54, 1.807) is 10.9 Å². The monoisotopic (exact) mass is 313 g/mol. The zero-order valence-corrected chi connectivity index (χ0v) is 13.2. The van der Waals surface area contributed by atoms with E-state index < -0.39 is 0 Å². The summed E-state index contributed by atoms with van der Waals surface area (Å²) in [7, 11) is 0. The third-order valence-electron chi connectivity index (χ3n) is 4.14. The second-order valence-corrected chi connectivity index (χ2v) is 5.94. The Hall–Kier alpha value is -2.21. The Morgan fingerprint density at radius 2 is 2.39 bits per heavy atom. The van der Waals surface area contributed by atoms with Gasteiger partial charge in [0.2, 0.25) is 5.91 Å². The molecule has 0 radical (unpaired) electrons. The van der Waals surface area contributed by atoms with E-state index >= 15 is 0 Å². The van der Waals surface area contributed by atoms with Crippen LogP contribution in [0.2, 0.25) is 0 Å². The zero-order chi connectivity index (χ0) is 15.9. The maximum Gasteiger partial charge on any atom is 0.241 e. The van der Waals surface area contributed by atoms with E-state index in [0.29, 0.717) is 12.5 Å². The number of pyridine rings is 1. The van der Waals surface area contributed by atoms with E-state index in [9.17, 15) is 4.79 Å². The Balaban J connectivity index is 1.43. The van der Waals surface area contributed by atoms with Gasteiger partial charge in [0.25, 0.3) is 0 Å².